The second kappa shape index (κ2) is 4.40. The first-order valence-electron chi connectivity index (χ1n) is 4.75. The highest BCUT2D eigenvalue weighted by molar-refractivity contribution is 7.12. The van der Waals surface area contributed by atoms with E-state index in [1.807, 2.05) is 5.38 Å². The van der Waals surface area contributed by atoms with Crippen molar-refractivity contribution in [3.05, 3.63) is 40.3 Å². The first-order chi connectivity index (χ1) is 7.66. The predicted octanol–water partition coefficient (Wildman–Crippen LogP) is 1.94. The van der Waals surface area contributed by atoms with E-state index in [1.165, 1.54) is 17.5 Å². The topological polar surface area (TPSA) is 52.0 Å². The zero-order valence-electron chi connectivity index (χ0n) is 8.71. The van der Waals surface area contributed by atoms with Crippen LogP contribution in [0.1, 0.15) is 26.5 Å². The van der Waals surface area contributed by atoms with Gasteiger partial charge in [-0.05, 0) is 11.4 Å². The molecule has 0 spiro atoms. The average Bonchev–Trinajstić information content (AvgIpc) is 2.87. The van der Waals surface area contributed by atoms with Crippen molar-refractivity contribution in [1.82, 2.24) is 9.78 Å². The molecular formula is C11H10N2O2S. The van der Waals surface area contributed by atoms with Crippen LogP contribution in [-0.4, -0.2) is 21.3 Å². The zero-order valence-corrected chi connectivity index (χ0v) is 9.53. The Kier molecular flexibility index (Phi) is 2.96. The van der Waals surface area contributed by atoms with Gasteiger partial charge in [-0.3, -0.25) is 14.3 Å². The molecule has 2 aromatic heterocycles. The molecule has 0 N–H and O–H groups in total. The number of Topliss-reactive ketones (excluding diaryl/α,β-unsaturated/α-hetero) is 2. The molecule has 0 aromatic carbocycles. The summed E-state index contributed by atoms with van der Waals surface area (Å²) in [5, 5.41) is 5.72. The number of hydrogen-bond acceptors (Lipinski definition) is 4. The third-order valence-corrected chi connectivity index (χ3v) is 3.05. The van der Waals surface area contributed by atoms with Crippen LogP contribution in [0.2, 0.25) is 0 Å². The molecule has 0 radical (unpaired) electrons. The van der Waals surface area contributed by atoms with E-state index >= 15 is 0 Å². The molecule has 16 heavy (non-hydrogen) atoms. The number of rotatable bonds is 4. The van der Waals surface area contributed by atoms with E-state index in [2.05, 4.69) is 5.10 Å². The number of carbonyl (C=O) groups excluding carboxylic acids is 2. The summed E-state index contributed by atoms with van der Waals surface area (Å²) in [6.07, 6.45) is 3.00. The smallest absolute Gasteiger partial charge is 0.180 e. The molecule has 0 saturated heterocycles. The maximum atomic E-state index is 11.7. The van der Waals surface area contributed by atoms with Crippen LogP contribution < -0.4 is 0 Å². The van der Waals surface area contributed by atoms with Gasteiger partial charge in [0.2, 0.25) is 0 Å². The van der Waals surface area contributed by atoms with E-state index in [4.69, 9.17) is 0 Å². The number of aromatic nitrogens is 2. The molecule has 2 aromatic rings. The number of aryl methyl sites for hydroxylation is 1. The van der Waals surface area contributed by atoms with Crippen LogP contribution in [0.5, 0.6) is 0 Å². The molecule has 0 atom stereocenters. The molecule has 0 aliphatic heterocycles. The molecule has 0 amide bonds. The minimum Gasteiger partial charge on any atom is -0.294 e. The Labute approximate surface area is 96.5 Å². The van der Waals surface area contributed by atoms with E-state index in [1.54, 1.807) is 30.1 Å². The van der Waals surface area contributed by atoms with Crippen LogP contribution in [0.15, 0.2) is 29.9 Å². The van der Waals surface area contributed by atoms with Crippen molar-refractivity contribution >= 4 is 22.9 Å². The average molecular weight is 234 g/mol. The lowest BCUT2D eigenvalue weighted by atomic mass is 10.1. The molecule has 2 heterocycles. The second-order valence-electron chi connectivity index (χ2n) is 3.40. The van der Waals surface area contributed by atoms with Gasteiger partial charge in [-0.15, -0.1) is 11.3 Å². The number of thiophene rings is 1. The second-order valence-corrected chi connectivity index (χ2v) is 4.35. The highest BCUT2D eigenvalue weighted by Crippen LogP contribution is 2.13. The van der Waals surface area contributed by atoms with E-state index in [9.17, 15) is 9.59 Å². The van der Waals surface area contributed by atoms with Gasteiger partial charge < -0.3 is 0 Å². The number of ketones is 2. The fourth-order valence-electron chi connectivity index (χ4n) is 1.34. The standard InChI is InChI=1S/C11H10N2O2S/c1-13-7-8(6-12-13)9(14)5-10(15)11-3-2-4-16-11/h2-4,6-7H,5H2,1H3. The summed E-state index contributed by atoms with van der Waals surface area (Å²) in [5.74, 6) is -0.324. The third kappa shape index (κ3) is 2.25. The zero-order chi connectivity index (χ0) is 11.5. The quantitative estimate of drug-likeness (QED) is 0.600. The number of carbonyl (C=O) groups is 2. The lowest BCUT2D eigenvalue weighted by molar-refractivity contribution is 0.0896. The summed E-state index contributed by atoms with van der Waals surface area (Å²) in [6.45, 7) is 0. The highest BCUT2D eigenvalue weighted by atomic mass is 32.1. The summed E-state index contributed by atoms with van der Waals surface area (Å²) in [4.78, 5) is 24.0. The van der Waals surface area contributed by atoms with Gasteiger partial charge in [-0.2, -0.15) is 5.10 Å². The van der Waals surface area contributed by atoms with Gasteiger partial charge in [0, 0.05) is 13.2 Å². The van der Waals surface area contributed by atoms with Crippen LogP contribution in [-0.2, 0) is 7.05 Å². The molecule has 0 aliphatic carbocycles. The maximum Gasteiger partial charge on any atom is 0.180 e. The molecular weight excluding hydrogens is 224 g/mol. The van der Waals surface area contributed by atoms with E-state index in [-0.39, 0.29) is 18.0 Å². The number of nitrogens with zero attached hydrogens (tertiary/aromatic N) is 2. The van der Waals surface area contributed by atoms with Gasteiger partial charge in [-0.25, -0.2) is 0 Å². The third-order valence-electron chi connectivity index (χ3n) is 2.14. The SMILES string of the molecule is Cn1cc(C(=O)CC(=O)c2cccs2)cn1. The van der Waals surface area contributed by atoms with Crippen molar-refractivity contribution in [2.45, 2.75) is 6.42 Å². The van der Waals surface area contributed by atoms with Crippen molar-refractivity contribution in [3.8, 4) is 0 Å². The fraction of sp³-hybridized carbons (Fsp3) is 0.182. The van der Waals surface area contributed by atoms with E-state index in [0.29, 0.717) is 10.4 Å². The Morgan fingerprint density at radius 1 is 1.44 bits per heavy atom. The van der Waals surface area contributed by atoms with Crippen molar-refractivity contribution in [1.29, 1.82) is 0 Å². The Morgan fingerprint density at radius 3 is 2.81 bits per heavy atom. The first kappa shape index (κ1) is 10.8. The summed E-state index contributed by atoms with van der Waals surface area (Å²) < 4.78 is 1.54. The molecule has 0 unspecified atom stereocenters. The summed E-state index contributed by atoms with van der Waals surface area (Å²) in [6, 6.07) is 3.52. The van der Waals surface area contributed by atoms with E-state index < -0.39 is 0 Å². The van der Waals surface area contributed by atoms with Crippen LogP contribution in [0.3, 0.4) is 0 Å². The molecule has 82 valence electrons. The lowest BCUT2D eigenvalue weighted by Crippen LogP contribution is -2.06. The molecule has 5 heteroatoms. The Morgan fingerprint density at radius 2 is 2.25 bits per heavy atom. The minimum absolute atomic E-state index is 0.0911. The van der Waals surface area contributed by atoms with Crippen LogP contribution in [0.25, 0.3) is 0 Å². The largest absolute Gasteiger partial charge is 0.294 e. The van der Waals surface area contributed by atoms with Crippen LogP contribution in [0.4, 0.5) is 0 Å². The lowest BCUT2D eigenvalue weighted by Gasteiger charge is -1.95. The molecule has 4 nitrogen and oxygen atoms in total. The summed E-state index contributed by atoms with van der Waals surface area (Å²) in [7, 11) is 1.73. The van der Waals surface area contributed by atoms with Crippen LogP contribution in [0, 0.1) is 0 Å². The Balaban J connectivity index is 2.06. The molecule has 0 bridgehead atoms. The van der Waals surface area contributed by atoms with Crippen molar-refractivity contribution < 1.29 is 9.59 Å². The van der Waals surface area contributed by atoms with Crippen LogP contribution >= 0.6 is 11.3 Å². The highest BCUT2D eigenvalue weighted by Gasteiger charge is 2.15. The van der Waals surface area contributed by atoms with Gasteiger partial charge in [0.15, 0.2) is 11.6 Å². The van der Waals surface area contributed by atoms with Gasteiger partial charge in [-0.1, -0.05) is 6.07 Å². The maximum absolute atomic E-state index is 11.7. The fourth-order valence-corrected chi connectivity index (χ4v) is 2.00. The normalized spacial score (nSPS) is 10.3. The Bertz CT molecular complexity index is 514. The molecule has 0 fully saturated rings. The molecule has 0 aliphatic rings. The van der Waals surface area contributed by atoms with Gasteiger partial charge in [0.25, 0.3) is 0 Å². The van der Waals surface area contributed by atoms with Gasteiger partial charge in [0.05, 0.1) is 23.1 Å². The first-order valence-corrected chi connectivity index (χ1v) is 5.63. The van der Waals surface area contributed by atoms with Crippen molar-refractivity contribution in [3.63, 3.8) is 0 Å². The number of hydrogen-bond donors (Lipinski definition) is 0. The minimum atomic E-state index is -0.188. The Hall–Kier alpha value is -1.75. The summed E-state index contributed by atoms with van der Waals surface area (Å²) in [5.41, 5.74) is 0.479. The van der Waals surface area contributed by atoms with Crippen molar-refractivity contribution in [2.75, 3.05) is 0 Å². The van der Waals surface area contributed by atoms with Gasteiger partial charge >= 0.3 is 0 Å². The monoisotopic (exact) mass is 234 g/mol. The van der Waals surface area contributed by atoms with Gasteiger partial charge in [0.1, 0.15) is 0 Å². The van der Waals surface area contributed by atoms with E-state index in [0.717, 1.165) is 0 Å². The van der Waals surface area contributed by atoms with Crippen molar-refractivity contribution in [2.24, 2.45) is 7.05 Å². The molecule has 0 saturated carbocycles. The summed E-state index contributed by atoms with van der Waals surface area (Å²) >= 11 is 1.35. The predicted molar refractivity (Wildman–Crippen MR) is 60.8 cm³/mol. The molecule has 2 rings (SSSR count).